The van der Waals surface area contributed by atoms with Crippen LogP contribution in [0.2, 0.25) is 0 Å². The van der Waals surface area contributed by atoms with E-state index in [9.17, 15) is 13.2 Å². The summed E-state index contributed by atoms with van der Waals surface area (Å²) in [5.74, 6) is 0.622. The van der Waals surface area contributed by atoms with Gasteiger partial charge in [0.1, 0.15) is 5.75 Å². The first kappa shape index (κ1) is 23.3. The zero-order valence-electron chi connectivity index (χ0n) is 18.8. The Balaban J connectivity index is 1.31. The van der Waals surface area contributed by atoms with Crippen LogP contribution in [0, 0.1) is 6.92 Å². The van der Waals surface area contributed by atoms with E-state index in [4.69, 9.17) is 4.74 Å². The van der Waals surface area contributed by atoms with Crippen molar-refractivity contribution >= 4 is 38.1 Å². The molecule has 174 valence electrons. The van der Waals surface area contributed by atoms with Crippen molar-refractivity contribution in [1.29, 1.82) is 0 Å². The van der Waals surface area contributed by atoms with Crippen LogP contribution in [0.3, 0.4) is 0 Å². The number of sulfonamides is 1. The molecule has 0 fully saturated rings. The first-order valence-corrected chi connectivity index (χ1v) is 12.5. The Labute approximate surface area is 199 Å². The molecule has 0 bridgehead atoms. The van der Waals surface area contributed by atoms with Crippen LogP contribution in [-0.2, 0) is 14.8 Å². The summed E-state index contributed by atoms with van der Waals surface area (Å²) in [6.45, 7) is 2.45. The Hall–Kier alpha value is -3.84. The summed E-state index contributed by atoms with van der Waals surface area (Å²) in [5, 5.41) is 4.56. The second kappa shape index (κ2) is 10.4. The standard InChI is InChI=1S/C27H26N2O4S/c1-20-11-15-23(16-12-20)33-19-5-10-27(30)28-22-13-17-24(18-14-22)34(31,32)29-26-9-4-7-21-6-2-3-8-25(21)26/h2-4,6-9,11-18,29H,5,10,19H2,1H3,(H,28,30). The number of hydrogen-bond donors (Lipinski definition) is 2. The number of carbonyl (C=O) groups excluding carboxylic acids is 1. The van der Waals surface area contributed by atoms with Crippen molar-refractivity contribution in [2.24, 2.45) is 0 Å². The minimum atomic E-state index is -3.78. The van der Waals surface area contributed by atoms with Crippen molar-refractivity contribution in [2.75, 3.05) is 16.6 Å². The fraction of sp³-hybridized carbons (Fsp3) is 0.148. The Morgan fingerprint density at radius 1 is 0.853 bits per heavy atom. The van der Waals surface area contributed by atoms with Gasteiger partial charge in [0.05, 0.1) is 17.2 Å². The minimum Gasteiger partial charge on any atom is -0.494 e. The average molecular weight is 475 g/mol. The quantitative estimate of drug-likeness (QED) is 0.303. The monoisotopic (exact) mass is 474 g/mol. The predicted octanol–water partition coefficient (Wildman–Crippen LogP) is 5.75. The maximum atomic E-state index is 12.9. The molecule has 0 aromatic heterocycles. The summed E-state index contributed by atoms with van der Waals surface area (Å²) in [6.07, 6.45) is 0.871. The number of rotatable bonds is 9. The highest BCUT2D eigenvalue weighted by atomic mass is 32.2. The third kappa shape index (κ3) is 5.94. The maximum absolute atomic E-state index is 12.9. The second-order valence-corrected chi connectivity index (χ2v) is 9.65. The van der Waals surface area contributed by atoms with Gasteiger partial charge in [0, 0.05) is 17.5 Å². The van der Waals surface area contributed by atoms with Gasteiger partial charge in [-0.05, 0) is 61.2 Å². The summed E-state index contributed by atoms with van der Waals surface area (Å²) in [7, 11) is -3.78. The molecular formula is C27H26N2O4S. The summed E-state index contributed by atoms with van der Waals surface area (Å²) >= 11 is 0. The number of aryl methyl sites for hydroxylation is 1. The highest BCUT2D eigenvalue weighted by Crippen LogP contribution is 2.26. The first-order chi connectivity index (χ1) is 16.4. The number of hydrogen-bond acceptors (Lipinski definition) is 4. The van der Waals surface area contributed by atoms with Crippen LogP contribution >= 0.6 is 0 Å². The first-order valence-electron chi connectivity index (χ1n) is 11.0. The van der Waals surface area contributed by atoms with E-state index in [2.05, 4.69) is 10.0 Å². The third-order valence-electron chi connectivity index (χ3n) is 5.32. The Morgan fingerprint density at radius 2 is 1.56 bits per heavy atom. The largest absolute Gasteiger partial charge is 0.494 e. The van der Waals surface area contributed by atoms with Crippen LogP contribution < -0.4 is 14.8 Å². The van der Waals surface area contributed by atoms with E-state index in [0.717, 1.165) is 22.1 Å². The number of ether oxygens (including phenoxy) is 1. The molecule has 0 atom stereocenters. The Kier molecular flexibility index (Phi) is 7.13. The van der Waals surface area contributed by atoms with Crippen molar-refractivity contribution in [3.8, 4) is 5.75 Å². The van der Waals surface area contributed by atoms with E-state index in [1.165, 1.54) is 12.1 Å². The molecule has 0 aliphatic heterocycles. The number of carbonyl (C=O) groups is 1. The molecule has 0 saturated heterocycles. The average Bonchev–Trinajstić information content (AvgIpc) is 2.83. The lowest BCUT2D eigenvalue weighted by molar-refractivity contribution is -0.116. The van der Waals surface area contributed by atoms with E-state index in [0.29, 0.717) is 30.8 Å². The maximum Gasteiger partial charge on any atom is 0.261 e. The van der Waals surface area contributed by atoms with Crippen LogP contribution in [0.5, 0.6) is 5.75 Å². The van der Waals surface area contributed by atoms with Gasteiger partial charge >= 0.3 is 0 Å². The topological polar surface area (TPSA) is 84.5 Å². The van der Waals surface area contributed by atoms with Crippen molar-refractivity contribution in [2.45, 2.75) is 24.7 Å². The van der Waals surface area contributed by atoms with Gasteiger partial charge in [0.25, 0.3) is 10.0 Å². The van der Waals surface area contributed by atoms with Gasteiger partial charge in [-0.15, -0.1) is 0 Å². The lowest BCUT2D eigenvalue weighted by atomic mass is 10.1. The number of anilines is 2. The molecule has 4 rings (SSSR count). The van der Waals surface area contributed by atoms with Gasteiger partial charge in [-0.25, -0.2) is 8.42 Å². The smallest absolute Gasteiger partial charge is 0.261 e. The van der Waals surface area contributed by atoms with Crippen LogP contribution in [0.15, 0.2) is 95.9 Å². The minimum absolute atomic E-state index is 0.116. The van der Waals surface area contributed by atoms with Crippen molar-refractivity contribution in [1.82, 2.24) is 0 Å². The van der Waals surface area contributed by atoms with Gasteiger partial charge in [-0.1, -0.05) is 54.1 Å². The fourth-order valence-electron chi connectivity index (χ4n) is 3.52. The molecule has 0 unspecified atom stereocenters. The summed E-state index contributed by atoms with van der Waals surface area (Å²) in [6, 6.07) is 26.9. The zero-order valence-corrected chi connectivity index (χ0v) is 19.6. The van der Waals surface area contributed by atoms with Crippen LogP contribution in [-0.4, -0.2) is 20.9 Å². The van der Waals surface area contributed by atoms with E-state index in [1.54, 1.807) is 18.2 Å². The molecule has 0 aliphatic carbocycles. The van der Waals surface area contributed by atoms with Gasteiger partial charge in [0.15, 0.2) is 0 Å². The number of nitrogens with one attached hydrogen (secondary N) is 2. The van der Waals surface area contributed by atoms with Crippen molar-refractivity contribution in [3.05, 3.63) is 96.6 Å². The van der Waals surface area contributed by atoms with Crippen molar-refractivity contribution < 1.29 is 17.9 Å². The molecular weight excluding hydrogens is 448 g/mol. The summed E-state index contributed by atoms with van der Waals surface area (Å²) in [5.41, 5.74) is 2.21. The summed E-state index contributed by atoms with van der Waals surface area (Å²) in [4.78, 5) is 12.3. The molecule has 2 N–H and O–H groups in total. The summed E-state index contributed by atoms with van der Waals surface area (Å²) < 4.78 is 34.0. The molecule has 0 radical (unpaired) electrons. The SMILES string of the molecule is Cc1ccc(OCCCC(=O)Nc2ccc(S(=O)(=O)Nc3cccc4ccccc34)cc2)cc1. The molecule has 7 heteroatoms. The molecule has 0 aliphatic rings. The number of fused-ring (bicyclic) bond motifs is 1. The van der Waals surface area contributed by atoms with Gasteiger partial charge < -0.3 is 10.1 Å². The third-order valence-corrected chi connectivity index (χ3v) is 6.70. The molecule has 0 heterocycles. The van der Waals surface area contributed by atoms with E-state index >= 15 is 0 Å². The van der Waals surface area contributed by atoms with Crippen LogP contribution in [0.25, 0.3) is 10.8 Å². The molecule has 1 amide bonds. The highest BCUT2D eigenvalue weighted by Gasteiger charge is 2.15. The molecule has 6 nitrogen and oxygen atoms in total. The highest BCUT2D eigenvalue weighted by molar-refractivity contribution is 7.92. The predicted molar refractivity (Wildman–Crippen MR) is 136 cm³/mol. The normalized spacial score (nSPS) is 11.2. The molecule has 0 saturated carbocycles. The molecule has 4 aromatic rings. The van der Waals surface area contributed by atoms with Gasteiger partial charge in [-0.3, -0.25) is 9.52 Å². The number of benzene rings is 4. The van der Waals surface area contributed by atoms with Gasteiger partial charge in [-0.2, -0.15) is 0 Å². The van der Waals surface area contributed by atoms with E-state index in [1.807, 2.05) is 67.6 Å². The van der Waals surface area contributed by atoms with Crippen LogP contribution in [0.4, 0.5) is 11.4 Å². The second-order valence-electron chi connectivity index (χ2n) is 7.97. The van der Waals surface area contributed by atoms with Crippen LogP contribution in [0.1, 0.15) is 18.4 Å². The molecule has 4 aromatic carbocycles. The number of amides is 1. The van der Waals surface area contributed by atoms with Gasteiger partial charge in [0.2, 0.25) is 5.91 Å². The Bertz CT molecular complexity index is 1380. The van der Waals surface area contributed by atoms with E-state index in [-0.39, 0.29) is 10.8 Å². The lowest BCUT2D eigenvalue weighted by Gasteiger charge is -2.12. The molecule has 34 heavy (non-hydrogen) atoms. The fourth-order valence-corrected chi connectivity index (χ4v) is 4.60. The zero-order chi connectivity index (χ0) is 24.0. The molecule has 0 spiro atoms. The van der Waals surface area contributed by atoms with E-state index < -0.39 is 10.0 Å². The van der Waals surface area contributed by atoms with Crippen molar-refractivity contribution in [3.63, 3.8) is 0 Å². The Morgan fingerprint density at radius 3 is 2.32 bits per heavy atom. The lowest BCUT2D eigenvalue weighted by Crippen LogP contribution is -2.14.